The third kappa shape index (κ3) is 3.70. The Kier molecular flexibility index (Phi) is 4.56. The van der Waals surface area contributed by atoms with E-state index in [4.69, 9.17) is 4.74 Å². The SMILES string of the molecule is CC(C)Oc1ccccc1CNc1cc(F)ccc1F. The molecule has 106 valence electrons. The van der Waals surface area contributed by atoms with E-state index < -0.39 is 11.6 Å². The van der Waals surface area contributed by atoms with Crippen molar-refractivity contribution >= 4 is 5.69 Å². The van der Waals surface area contributed by atoms with Crippen LogP contribution in [-0.4, -0.2) is 6.10 Å². The van der Waals surface area contributed by atoms with Crippen molar-refractivity contribution in [2.24, 2.45) is 0 Å². The first kappa shape index (κ1) is 14.3. The Morgan fingerprint density at radius 2 is 1.85 bits per heavy atom. The zero-order valence-electron chi connectivity index (χ0n) is 11.5. The quantitative estimate of drug-likeness (QED) is 0.876. The van der Waals surface area contributed by atoms with Gasteiger partial charge in [-0.2, -0.15) is 0 Å². The predicted octanol–water partition coefficient (Wildman–Crippen LogP) is 4.36. The Bertz CT molecular complexity index is 584. The smallest absolute Gasteiger partial charge is 0.146 e. The summed E-state index contributed by atoms with van der Waals surface area (Å²) in [6.45, 7) is 4.25. The fraction of sp³-hybridized carbons (Fsp3) is 0.250. The first-order chi connectivity index (χ1) is 9.56. The Morgan fingerprint density at radius 3 is 2.60 bits per heavy atom. The van der Waals surface area contributed by atoms with Crippen LogP contribution in [0.3, 0.4) is 0 Å². The molecule has 0 fully saturated rings. The molecular weight excluding hydrogens is 260 g/mol. The van der Waals surface area contributed by atoms with Crippen LogP contribution in [0.5, 0.6) is 5.75 Å². The molecule has 0 saturated heterocycles. The second-order valence-corrected chi connectivity index (χ2v) is 4.75. The molecule has 0 saturated carbocycles. The van der Waals surface area contributed by atoms with Gasteiger partial charge in [0.2, 0.25) is 0 Å². The number of hydrogen-bond donors (Lipinski definition) is 1. The highest BCUT2D eigenvalue weighted by Crippen LogP contribution is 2.22. The van der Waals surface area contributed by atoms with E-state index in [1.807, 2.05) is 38.1 Å². The normalized spacial score (nSPS) is 10.7. The fourth-order valence-corrected chi connectivity index (χ4v) is 1.84. The maximum Gasteiger partial charge on any atom is 0.146 e. The van der Waals surface area contributed by atoms with Crippen LogP contribution in [0, 0.1) is 11.6 Å². The van der Waals surface area contributed by atoms with Crippen molar-refractivity contribution in [3.05, 3.63) is 59.7 Å². The molecule has 0 unspecified atom stereocenters. The number of ether oxygens (including phenoxy) is 1. The van der Waals surface area contributed by atoms with E-state index in [0.717, 1.165) is 29.5 Å². The molecule has 0 radical (unpaired) electrons. The van der Waals surface area contributed by atoms with Crippen molar-refractivity contribution in [3.63, 3.8) is 0 Å². The summed E-state index contributed by atoms with van der Waals surface area (Å²) in [5.74, 6) is -0.207. The molecule has 0 heterocycles. The predicted molar refractivity (Wildman–Crippen MR) is 75.9 cm³/mol. The van der Waals surface area contributed by atoms with Gasteiger partial charge in [-0.15, -0.1) is 0 Å². The first-order valence-electron chi connectivity index (χ1n) is 6.49. The molecule has 1 N–H and O–H groups in total. The van der Waals surface area contributed by atoms with E-state index in [2.05, 4.69) is 5.32 Å². The molecular formula is C16H17F2NO. The molecule has 2 rings (SSSR count). The van der Waals surface area contributed by atoms with Gasteiger partial charge in [0, 0.05) is 12.1 Å². The topological polar surface area (TPSA) is 21.3 Å². The standard InChI is InChI=1S/C16H17F2NO/c1-11(2)20-16-6-4-3-5-12(16)10-19-15-9-13(17)7-8-14(15)18/h3-9,11,19H,10H2,1-2H3. The third-order valence-corrected chi connectivity index (χ3v) is 2.73. The Hall–Kier alpha value is -2.10. The van der Waals surface area contributed by atoms with Crippen molar-refractivity contribution in [1.29, 1.82) is 0 Å². The van der Waals surface area contributed by atoms with Crippen LogP contribution < -0.4 is 10.1 Å². The lowest BCUT2D eigenvalue weighted by atomic mass is 10.2. The average Bonchev–Trinajstić information content (AvgIpc) is 2.41. The van der Waals surface area contributed by atoms with Crippen molar-refractivity contribution in [2.45, 2.75) is 26.5 Å². The lowest BCUT2D eigenvalue weighted by molar-refractivity contribution is 0.240. The summed E-state index contributed by atoms with van der Waals surface area (Å²) in [6, 6.07) is 10.8. The van der Waals surface area contributed by atoms with E-state index in [0.29, 0.717) is 6.54 Å². The van der Waals surface area contributed by atoms with Crippen LogP contribution in [0.2, 0.25) is 0 Å². The first-order valence-corrected chi connectivity index (χ1v) is 6.49. The largest absolute Gasteiger partial charge is 0.491 e. The van der Waals surface area contributed by atoms with Crippen LogP contribution >= 0.6 is 0 Å². The van der Waals surface area contributed by atoms with Crippen LogP contribution in [0.1, 0.15) is 19.4 Å². The summed E-state index contributed by atoms with van der Waals surface area (Å²) in [4.78, 5) is 0. The lowest BCUT2D eigenvalue weighted by Gasteiger charge is -2.15. The molecule has 2 aromatic carbocycles. The summed E-state index contributed by atoms with van der Waals surface area (Å²) < 4.78 is 32.3. The number of halogens is 2. The summed E-state index contributed by atoms with van der Waals surface area (Å²) in [5, 5.41) is 2.89. The monoisotopic (exact) mass is 277 g/mol. The average molecular weight is 277 g/mol. The third-order valence-electron chi connectivity index (χ3n) is 2.73. The van der Waals surface area contributed by atoms with Crippen LogP contribution in [0.15, 0.2) is 42.5 Å². The van der Waals surface area contributed by atoms with E-state index in [1.54, 1.807) is 0 Å². The van der Waals surface area contributed by atoms with Gasteiger partial charge in [-0.3, -0.25) is 0 Å². The number of para-hydroxylation sites is 1. The fourth-order valence-electron chi connectivity index (χ4n) is 1.84. The molecule has 0 atom stereocenters. The van der Waals surface area contributed by atoms with Gasteiger partial charge in [0.25, 0.3) is 0 Å². The number of anilines is 1. The van der Waals surface area contributed by atoms with Crippen LogP contribution in [-0.2, 0) is 6.54 Å². The highest BCUT2D eigenvalue weighted by atomic mass is 19.1. The van der Waals surface area contributed by atoms with Gasteiger partial charge in [-0.05, 0) is 38.1 Å². The molecule has 0 spiro atoms. The van der Waals surface area contributed by atoms with Crippen molar-refractivity contribution in [1.82, 2.24) is 0 Å². The molecule has 2 nitrogen and oxygen atoms in total. The summed E-state index contributed by atoms with van der Waals surface area (Å²) >= 11 is 0. The van der Waals surface area contributed by atoms with E-state index in [-0.39, 0.29) is 11.8 Å². The van der Waals surface area contributed by atoms with Crippen molar-refractivity contribution < 1.29 is 13.5 Å². The van der Waals surface area contributed by atoms with Crippen LogP contribution in [0.4, 0.5) is 14.5 Å². The number of rotatable bonds is 5. The van der Waals surface area contributed by atoms with Crippen LogP contribution in [0.25, 0.3) is 0 Å². The highest BCUT2D eigenvalue weighted by Gasteiger charge is 2.07. The molecule has 4 heteroatoms. The van der Waals surface area contributed by atoms with Gasteiger partial charge in [-0.25, -0.2) is 8.78 Å². The van der Waals surface area contributed by atoms with Gasteiger partial charge in [0.05, 0.1) is 11.8 Å². The Morgan fingerprint density at radius 1 is 1.10 bits per heavy atom. The van der Waals surface area contributed by atoms with Gasteiger partial charge in [0.1, 0.15) is 17.4 Å². The second-order valence-electron chi connectivity index (χ2n) is 4.75. The lowest BCUT2D eigenvalue weighted by Crippen LogP contribution is -2.09. The second kappa shape index (κ2) is 6.37. The zero-order valence-corrected chi connectivity index (χ0v) is 11.5. The molecule has 0 amide bonds. The van der Waals surface area contributed by atoms with Gasteiger partial charge in [0.15, 0.2) is 0 Å². The molecule has 0 aliphatic carbocycles. The summed E-state index contributed by atoms with van der Waals surface area (Å²) in [6.07, 6.45) is 0.0575. The minimum Gasteiger partial charge on any atom is -0.491 e. The number of benzene rings is 2. The maximum absolute atomic E-state index is 13.5. The number of nitrogens with one attached hydrogen (secondary N) is 1. The molecule has 0 aliphatic heterocycles. The van der Waals surface area contributed by atoms with E-state index in [1.165, 1.54) is 0 Å². The van der Waals surface area contributed by atoms with Gasteiger partial charge in [-0.1, -0.05) is 18.2 Å². The molecule has 0 aromatic heterocycles. The summed E-state index contributed by atoms with van der Waals surface area (Å²) in [7, 11) is 0. The van der Waals surface area contributed by atoms with Gasteiger partial charge < -0.3 is 10.1 Å². The highest BCUT2D eigenvalue weighted by molar-refractivity contribution is 5.46. The Balaban J connectivity index is 2.12. The maximum atomic E-state index is 13.5. The van der Waals surface area contributed by atoms with Crippen molar-refractivity contribution in [2.75, 3.05) is 5.32 Å². The Labute approximate surface area is 117 Å². The number of hydrogen-bond acceptors (Lipinski definition) is 2. The van der Waals surface area contributed by atoms with E-state index in [9.17, 15) is 8.78 Å². The molecule has 20 heavy (non-hydrogen) atoms. The minimum atomic E-state index is -0.478. The molecule has 0 bridgehead atoms. The zero-order chi connectivity index (χ0) is 14.5. The van der Waals surface area contributed by atoms with Crippen molar-refractivity contribution in [3.8, 4) is 5.75 Å². The minimum absolute atomic E-state index is 0.0575. The molecule has 2 aromatic rings. The summed E-state index contributed by atoms with van der Waals surface area (Å²) in [5.41, 5.74) is 1.04. The van der Waals surface area contributed by atoms with E-state index >= 15 is 0 Å². The molecule has 0 aliphatic rings. The van der Waals surface area contributed by atoms with Gasteiger partial charge >= 0.3 is 0 Å².